The van der Waals surface area contributed by atoms with Gasteiger partial charge < -0.3 is 0 Å². The normalized spacial score (nSPS) is 11.6. The van der Waals surface area contributed by atoms with Crippen LogP contribution in [0.15, 0.2) is 90.0 Å². The number of aromatic nitrogens is 4. The highest BCUT2D eigenvalue weighted by Crippen LogP contribution is 2.29. The van der Waals surface area contributed by atoms with Crippen molar-refractivity contribution in [2.75, 3.05) is 0 Å². The van der Waals surface area contributed by atoms with Crippen LogP contribution in [0, 0.1) is 5.82 Å². The maximum Gasteiger partial charge on any atom is 0.329 e. The molecule has 3 heterocycles. The first-order valence-electron chi connectivity index (χ1n) is 10.7. The smallest absolute Gasteiger partial charge is 0.293 e. The number of para-hydroxylation sites is 1. The highest BCUT2D eigenvalue weighted by Gasteiger charge is 2.16. The predicted octanol–water partition coefficient (Wildman–Crippen LogP) is 5.29. The van der Waals surface area contributed by atoms with Gasteiger partial charge in [0.1, 0.15) is 5.82 Å². The van der Waals surface area contributed by atoms with Crippen LogP contribution in [0.5, 0.6) is 0 Å². The lowest BCUT2D eigenvalue weighted by molar-refractivity contribution is 0.626. The van der Waals surface area contributed by atoms with Crippen molar-refractivity contribution in [1.82, 2.24) is 19.1 Å². The van der Waals surface area contributed by atoms with Crippen LogP contribution in [0.2, 0.25) is 0 Å². The molecule has 0 bridgehead atoms. The van der Waals surface area contributed by atoms with Crippen LogP contribution in [0.1, 0.15) is 5.56 Å². The van der Waals surface area contributed by atoms with Gasteiger partial charge in [0.15, 0.2) is 0 Å². The Hall–Kier alpha value is -4.32. The number of pyridine rings is 2. The minimum absolute atomic E-state index is 0.138. The van der Waals surface area contributed by atoms with Crippen molar-refractivity contribution in [2.24, 2.45) is 7.05 Å². The summed E-state index contributed by atoms with van der Waals surface area (Å²) in [5.74, 6) is -0.299. The van der Waals surface area contributed by atoms with Gasteiger partial charge in [-0.2, -0.15) is 0 Å². The van der Waals surface area contributed by atoms with Crippen LogP contribution in [0.3, 0.4) is 0 Å². The Morgan fingerprint density at radius 1 is 0.848 bits per heavy atom. The first kappa shape index (κ1) is 19.4. The summed E-state index contributed by atoms with van der Waals surface area (Å²) in [7, 11) is 1.75. The molecule has 0 aliphatic carbocycles. The van der Waals surface area contributed by atoms with E-state index in [9.17, 15) is 9.18 Å². The Morgan fingerprint density at radius 3 is 2.48 bits per heavy atom. The fourth-order valence-electron chi connectivity index (χ4n) is 4.40. The number of halogens is 1. The summed E-state index contributed by atoms with van der Waals surface area (Å²) >= 11 is 0. The van der Waals surface area contributed by atoms with E-state index < -0.39 is 0 Å². The second kappa shape index (κ2) is 7.38. The summed E-state index contributed by atoms with van der Waals surface area (Å²) in [4.78, 5) is 22.3. The van der Waals surface area contributed by atoms with Gasteiger partial charge in [-0.05, 0) is 47.5 Å². The molecule has 5 nitrogen and oxygen atoms in total. The molecule has 3 aromatic heterocycles. The van der Waals surface area contributed by atoms with Crippen LogP contribution in [0.25, 0.3) is 44.0 Å². The van der Waals surface area contributed by atoms with E-state index in [-0.39, 0.29) is 11.5 Å². The third-order valence-corrected chi connectivity index (χ3v) is 6.15. The summed E-state index contributed by atoms with van der Waals surface area (Å²) in [6.07, 6.45) is 3.60. The van der Waals surface area contributed by atoms with Crippen molar-refractivity contribution in [3.63, 3.8) is 0 Å². The third-order valence-electron chi connectivity index (χ3n) is 6.15. The minimum atomic E-state index is -0.299. The summed E-state index contributed by atoms with van der Waals surface area (Å²) in [5, 5.41) is 1.96. The maximum atomic E-state index is 13.4. The standard InChI is InChI=1S/C27H19FN4O/c1-31-25-15-30-24-11-8-18(20-12-19-4-2-3-5-23(19)29-14-20)13-22(24)26(25)32(27(31)33)16-17-6-9-21(28)10-7-17/h2-15H,16H2,1H3. The first-order chi connectivity index (χ1) is 16.1. The number of hydrogen-bond donors (Lipinski definition) is 0. The zero-order chi connectivity index (χ0) is 22.5. The lowest BCUT2D eigenvalue weighted by Crippen LogP contribution is -2.22. The summed E-state index contributed by atoms with van der Waals surface area (Å²) in [6.45, 7) is 0.345. The number of aryl methyl sites for hydroxylation is 1. The van der Waals surface area contributed by atoms with Crippen molar-refractivity contribution < 1.29 is 4.39 Å². The zero-order valence-corrected chi connectivity index (χ0v) is 17.9. The molecule has 0 fully saturated rings. The van der Waals surface area contributed by atoms with Crippen molar-refractivity contribution >= 4 is 32.8 Å². The van der Waals surface area contributed by atoms with Gasteiger partial charge >= 0.3 is 5.69 Å². The number of fused-ring (bicyclic) bond motifs is 4. The molecule has 3 aromatic carbocycles. The fourth-order valence-corrected chi connectivity index (χ4v) is 4.40. The highest BCUT2D eigenvalue weighted by atomic mass is 19.1. The molecule has 33 heavy (non-hydrogen) atoms. The van der Waals surface area contributed by atoms with Crippen molar-refractivity contribution in [1.29, 1.82) is 0 Å². The van der Waals surface area contributed by atoms with Crippen molar-refractivity contribution in [3.8, 4) is 11.1 Å². The van der Waals surface area contributed by atoms with Crippen LogP contribution in [-0.2, 0) is 13.6 Å². The Balaban J connectivity index is 1.58. The molecule has 160 valence electrons. The third kappa shape index (κ3) is 3.19. The second-order valence-corrected chi connectivity index (χ2v) is 8.19. The van der Waals surface area contributed by atoms with Crippen molar-refractivity contribution in [2.45, 2.75) is 6.54 Å². The van der Waals surface area contributed by atoms with Gasteiger partial charge in [-0.3, -0.25) is 19.1 Å². The predicted molar refractivity (Wildman–Crippen MR) is 129 cm³/mol. The SMILES string of the molecule is Cn1c(=O)n(Cc2ccc(F)cc2)c2c3cc(-c4cnc5ccccc5c4)ccc3ncc21. The van der Waals surface area contributed by atoms with Gasteiger partial charge in [0, 0.05) is 29.6 Å². The van der Waals surface area contributed by atoms with E-state index in [4.69, 9.17) is 0 Å². The molecule has 0 radical (unpaired) electrons. The van der Waals surface area contributed by atoms with Crippen LogP contribution >= 0.6 is 0 Å². The molecule has 6 heteroatoms. The molecule has 6 rings (SSSR count). The molecular weight excluding hydrogens is 415 g/mol. The molecule has 0 saturated heterocycles. The fraction of sp³-hybridized carbons (Fsp3) is 0.0741. The van der Waals surface area contributed by atoms with E-state index in [1.807, 2.05) is 42.6 Å². The molecular formula is C27H19FN4O. The largest absolute Gasteiger partial charge is 0.329 e. The summed E-state index contributed by atoms with van der Waals surface area (Å²) in [6, 6.07) is 22.4. The number of nitrogens with zero attached hydrogens (tertiary/aromatic N) is 4. The molecule has 0 saturated carbocycles. The quantitative estimate of drug-likeness (QED) is 0.380. The van der Waals surface area contributed by atoms with E-state index in [0.29, 0.717) is 6.54 Å². The van der Waals surface area contributed by atoms with Gasteiger partial charge in [0.25, 0.3) is 0 Å². The zero-order valence-electron chi connectivity index (χ0n) is 17.9. The van der Waals surface area contributed by atoms with Gasteiger partial charge in [-0.25, -0.2) is 9.18 Å². The Labute approximate surface area is 188 Å². The number of rotatable bonds is 3. The first-order valence-corrected chi connectivity index (χ1v) is 10.7. The average Bonchev–Trinajstić information content (AvgIpc) is 3.10. The van der Waals surface area contributed by atoms with Crippen molar-refractivity contribution in [3.05, 3.63) is 107 Å². The molecule has 0 atom stereocenters. The maximum absolute atomic E-state index is 13.4. The van der Waals surface area contributed by atoms with E-state index in [1.165, 1.54) is 12.1 Å². The monoisotopic (exact) mass is 434 g/mol. The van der Waals surface area contributed by atoms with Gasteiger partial charge in [0.2, 0.25) is 0 Å². The average molecular weight is 434 g/mol. The van der Waals surface area contributed by atoms with Gasteiger partial charge in [0.05, 0.1) is 34.8 Å². The summed E-state index contributed by atoms with van der Waals surface area (Å²) < 4.78 is 16.7. The Morgan fingerprint density at radius 2 is 1.64 bits per heavy atom. The summed E-state index contributed by atoms with van der Waals surface area (Å²) in [5.41, 5.74) is 6.03. The van der Waals surface area contributed by atoms with E-state index in [1.54, 1.807) is 34.5 Å². The van der Waals surface area contributed by atoms with Gasteiger partial charge in [-0.15, -0.1) is 0 Å². The second-order valence-electron chi connectivity index (χ2n) is 8.19. The number of hydrogen-bond acceptors (Lipinski definition) is 3. The van der Waals surface area contributed by atoms with Gasteiger partial charge in [-0.1, -0.05) is 36.4 Å². The lowest BCUT2D eigenvalue weighted by atomic mass is 10.0. The number of benzene rings is 3. The Kier molecular flexibility index (Phi) is 4.33. The van der Waals surface area contributed by atoms with E-state index in [2.05, 4.69) is 22.1 Å². The van der Waals surface area contributed by atoms with E-state index in [0.717, 1.165) is 49.5 Å². The molecule has 6 aromatic rings. The molecule has 0 amide bonds. The van der Waals surface area contributed by atoms with Crippen LogP contribution in [-0.4, -0.2) is 19.1 Å². The van der Waals surface area contributed by atoms with Crippen LogP contribution in [0.4, 0.5) is 4.39 Å². The molecule has 0 N–H and O–H groups in total. The molecule has 0 spiro atoms. The minimum Gasteiger partial charge on any atom is -0.293 e. The molecule has 0 aliphatic heterocycles. The van der Waals surface area contributed by atoms with Crippen LogP contribution < -0.4 is 5.69 Å². The molecule has 0 unspecified atom stereocenters. The topological polar surface area (TPSA) is 52.7 Å². The molecule has 0 aliphatic rings. The highest BCUT2D eigenvalue weighted by molar-refractivity contribution is 6.04. The Bertz CT molecular complexity index is 1730. The number of imidazole rings is 1. The lowest BCUT2D eigenvalue weighted by Gasteiger charge is -2.09. The van der Waals surface area contributed by atoms with E-state index >= 15 is 0 Å².